The lowest BCUT2D eigenvalue weighted by Gasteiger charge is -2.18. The van der Waals surface area contributed by atoms with E-state index in [2.05, 4.69) is 5.32 Å². The van der Waals surface area contributed by atoms with Crippen LogP contribution in [0.25, 0.3) is 0 Å². The molecule has 2 rings (SSSR count). The third-order valence-electron chi connectivity index (χ3n) is 2.83. The van der Waals surface area contributed by atoms with Crippen LogP contribution in [0.3, 0.4) is 0 Å². The van der Waals surface area contributed by atoms with Crippen LogP contribution in [0.5, 0.6) is 0 Å². The van der Waals surface area contributed by atoms with E-state index in [1.807, 2.05) is 30.3 Å². The summed E-state index contributed by atoms with van der Waals surface area (Å²) in [4.78, 5) is 21.5. The van der Waals surface area contributed by atoms with Gasteiger partial charge in [-0.3, -0.25) is 10.1 Å². The summed E-state index contributed by atoms with van der Waals surface area (Å²) in [7, 11) is 0. The number of hydrogen-bond donors (Lipinski definition) is 2. The Morgan fingerprint density at radius 1 is 1.10 bits per heavy atom. The highest BCUT2D eigenvalue weighted by Crippen LogP contribution is 2.25. The van der Waals surface area contributed by atoms with Crippen molar-refractivity contribution in [3.05, 3.63) is 75.8 Å². The zero-order valence-electron chi connectivity index (χ0n) is 10.5. The van der Waals surface area contributed by atoms with Gasteiger partial charge in [0.05, 0.1) is 11.0 Å². The van der Waals surface area contributed by atoms with Gasteiger partial charge in [-0.1, -0.05) is 42.5 Å². The molecular formula is C14H13N3O3. The molecule has 0 aromatic heterocycles. The minimum atomic E-state index is -0.689. The molecule has 102 valence electrons. The van der Waals surface area contributed by atoms with E-state index < -0.39 is 17.0 Å². The molecule has 2 amide bonds. The van der Waals surface area contributed by atoms with Crippen molar-refractivity contribution in [3.63, 3.8) is 0 Å². The van der Waals surface area contributed by atoms with Crippen molar-refractivity contribution in [2.24, 2.45) is 5.73 Å². The maximum absolute atomic E-state index is 11.2. The first-order valence-electron chi connectivity index (χ1n) is 5.93. The maximum atomic E-state index is 11.2. The van der Waals surface area contributed by atoms with Gasteiger partial charge in [0, 0.05) is 12.1 Å². The van der Waals surface area contributed by atoms with Gasteiger partial charge in [-0.05, 0) is 11.1 Å². The lowest BCUT2D eigenvalue weighted by atomic mass is 9.98. The molecule has 6 nitrogen and oxygen atoms in total. The quantitative estimate of drug-likeness (QED) is 0.659. The number of carbonyl (C=O) groups is 1. The van der Waals surface area contributed by atoms with Crippen molar-refractivity contribution in [2.75, 3.05) is 0 Å². The summed E-state index contributed by atoms with van der Waals surface area (Å²) in [5.74, 6) is 0. The van der Waals surface area contributed by atoms with E-state index in [0.717, 1.165) is 5.56 Å². The molecule has 0 saturated carbocycles. The van der Waals surface area contributed by atoms with Gasteiger partial charge in [0.15, 0.2) is 0 Å². The van der Waals surface area contributed by atoms with Crippen LogP contribution in [-0.2, 0) is 0 Å². The normalized spacial score (nSPS) is 11.6. The monoisotopic (exact) mass is 271 g/mol. The number of hydrogen-bond acceptors (Lipinski definition) is 3. The van der Waals surface area contributed by atoms with Crippen LogP contribution in [0.2, 0.25) is 0 Å². The van der Waals surface area contributed by atoms with Crippen LogP contribution in [0, 0.1) is 10.1 Å². The number of primary amides is 1. The minimum absolute atomic E-state index is 0.0327. The predicted molar refractivity (Wildman–Crippen MR) is 74.1 cm³/mol. The molecule has 0 heterocycles. The Kier molecular flexibility index (Phi) is 3.95. The van der Waals surface area contributed by atoms with Crippen LogP contribution < -0.4 is 11.1 Å². The number of nitro groups is 1. The van der Waals surface area contributed by atoms with Crippen LogP contribution in [-0.4, -0.2) is 11.0 Å². The highest BCUT2D eigenvalue weighted by atomic mass is 16.6. The molecule has 6 heteroatoms. The fourth-order valence-electron chi connectivity index (χ4n) is 1.96. The number of nitrogens with zero attached hydrogens (tertiary/aromatic N) is 1. The Hall–Kier alpha value is -2.89. The number of nitrogens with two attached hydrogens (primary N) is 1. The number of nitro benzene ring substituents is 1. The number of rotatable bonds is 4. The molecule has 3 N–H and O–H groups in total. The Morgan fingerprint density at radius 2 is 1.75 bits per heavy atom. The number of non-ortho nitro benzene ring substituents is 1. The zero-order valence-corrected chi connectivity index (χ0v) is 10.5. The largest absolute Gasteiger partial charge is 0.352 e. The number of urea groups is 1. The molecule has 0 fully saturated rings. The lowest BCUT2D eigenvalue weighted by Crippen LogP contribution is -2.33. The first-order chi connectivity index (χ1) is 9.58. The van der Waals surface area contributed by atoms with Gasteiger partial charge in [0.25, 0.3) is 5.69 Å². The molecule has 0 aliphatic carbocycles. The Bertz CT molecular complexity index is 629. The van der Waals surface area contributed by atoms with Crippen molar-refractivity contribution in [1.29, 1.82) is 0 Å². The topological polar surface area (TPSA) is 98.3 Å². The number of amides is 2. The van der Waals surface area contributed by atoms with Gasteiger partial charge in [-0.25, -0.2) is 4.79 Å². The standard InChI is InChI=1S/C14H13N3O3/c15-14(18)16-13(10-5-2-1-3-6-10)11-7-4-8-12(9-11)17(19)20/h1-9,13H,(H3,15,16,18). The first-order valence-corrected chi connectivity index (χ1v) is 5.93. The summed E-state index contributed by atoms with van der Waals surface area (Å²) < 4.78 is 0. The molecule has 0 spiro atoms. The maximum Gasteiger partial charge on any atom is 0.312 e. The van der Waals surface area contributed by atoms with Crippen molar-refractivity contribution >= 4 is 11.7 Å². The molecule has 2 aromatic carbocycles. The molecule has 2 aromatic rings. The highest BCUT2D eigenvalue weighted by Gasteiger charge is 2.17. The lowest BCUT2D eigenvalue weighted by molar-refractivity contribution is -0.384. The molecule has 0 aliphatic heterocycles. The minimum Gasteiger partial charge on any atom is -0.352 e. The molecule has 1 atom stereocenters. The molecular weight excluding hydrogens is 258 g/mol. The van der Waals surface area contributed by atoms with Crippen LogP contribution >= 0.6 is 0 Å². The van der Waals surface area contributed by atoms with E-state index >= 15 is 0 Å². The second kappa shape index (κ2) is 5.83. The van der Waals surface area contributed by atoms with Crippen molar-refractivity contribution in [3.8, 4) is 0 Å². The van der Waals surface area contributed by atoms with Gasteiger partial charge < -0.3 is 11.1 Å². The SMILES string of the molecule is NC(=O)NC(c1ccccc1)c1cccc([N+](=O)[O-])c1. The molecule has 0 saturated heterocycles. The van der Waals surface area contributed by atoms with Crippen molar-refractivity contribution < 1.29 is 9.72 Å². The fraction of sp³-hybridized carbons (Fsp3) is 0.0714. The second-order valence-electron chi connectivity index (χ2n) is 4.20. The average Bonchev–Trinajstić information content (AvgIpc) is 2.45. The van der Waals surface area contributed by atoms with Crippen LogP contribution in [0.1, 0.15) is 17.2 Å². The van der Waals surface area contributed by atoms with E-state index in [4.69, 9.17) is 5.73 Å². The van der Waals surface area contributed by atoms with Gasteiger partial charge in [0.1, 0.15) is 0 Å². The summed E-state index contributed by atoms with van der Waals surface area (Å²) >= 11 is 0. The number of nitrogens with one attached hydrogen (secondary N) is 1. The summed E-state index contributed by atoms with van der Waals surface area (Å²) in [5, 5.41) is 13.4. The van der Waals surface area contributed by atoms with Crippen molar-refractivity contribution in [1.82, 2.24) is 5.32 Å². The summed E-state index contributed by atoms with van der Waals surface area (Å²) in [6, 6.07) is 14.0. The summed E-state index contributed by atoms with van der Waals surface area (Å²) in [5.41, 5.74) is 6.55. The van der Waals surface area contributed by atoms with Gasteiger partial charge in [-0.2, -0.15) is 0 Å². The second-order valence-corrected chi connectivity index (χ2v) is 4.20. The van der Waals surface area contributed by atoms with E-state index in [1.165, 1.54) is 12.1 Å². The highest BCUT2D eigenvalue weighted by molar-refractivity contribution is 5.73. The van der Waals surface area contributed by atoms with E-state index in [-0.39, 0.29) is 5.69 Å². The van der Waals surface area contributed by atoms with Gasteiger partial charge >= 0.3 is 6.03 Å². The number of benzene rings is 2. The third-order valence-corrected chi connectivity index (χ3v) is 2.83. The summed E-state index contributed by atoms with van der Waals surface area (Å²) in [6.07, 6.45) is 0. The third kappa shape index (κ3) is 3.11. The van der Waals surface area contributed by atoms with Crippen molar-refractivity contribution in [2.45, 2.75) is 6.04 Å². The smallest absolute Gasteiger partial charge is 0.312 e. The van der Waals surface area contributed by atoms with E-state index in [9.17, 15) is 14.9 Å². The number of carbonyl (C=O) groups excluding carboxylic acids is 1. The molecule has 0 bridgehead atoms. The van der Waals surface area contributed by atoms with Crippen LogP contribution in [0.4, 0.5) is 10.5 Å². The Labute approximate surface area is 115 Å². The molecule has 20 heavy (non-hydrogen) atoms. The van der Waals surface area contributed by atoms with Gasteiger partial charge in [0.2, 0.25) is 0 Å². The van der Waals surface area contributed by atoms with Gasteiger partial charge in [-0.15, -0.1) is 0 Å². The Morgan fingerprint density at radius 3 is 2.35 bits per heavy atom. The summed E-state index contributed by atoms with van der Waals surface area (Å²) in [6.45, 7) is 0. The molecule has 1 unspecified atom stereocenters. The zero-order chi connectivity index (χ0) is 14.5. The molecule has 0 radical (unpaired) electrons. The predicted octanol–water partition coefficient (Wildman–Crippen LogP) is 2.35. The van der Waals surface area contributed by atoms with Crippen LogP contribution in [0.15, 0.2) is 54.6 Å². The average molecular weight is 271 g/mol. The molecule has 0 aliphatic rings. The Balaban J connectivity index is 2.44. The van der Waals surface area contributed by atoms with E-state index in [1.54, 1.807) is 12.1 Å². The van der Waals surface area contributed by atoms with E-state index in [0.29, 0.717) is 5.56 Å². The fourth-order valence-corrected chi connectivity index (χ4v) is 1.96. The first kappa shape index (κ1) is 13.5.